The predicted molar refractivity (Wildman–Crippen MR) is 63.2 cm³/mol. The minimum Gasteiger partial charge on any atom is -0.860 e. The van der Waals surface area contributed by atoms with Crippen LogP contribution < -0.4 is 51.4 Å². The Labute approximate surface area is 126 Å². The Morgan fingerprint density at radius 1 is 1.39 bits per heavy atom. The van der Waals surface area contributed by atoms with Crippen molar-refractivity contribution in [2.45, 2.75) is 6.92 Å². The first-order chi connectivity index (χ1) is 8.04. The van der Waals surface area contributed by atoms with Gasteiger partial charge in [0.25, 0.3) is 0 Å². The van der Waals surface area contributed by atoms with E-state index in [1.54, 1.807) is 12.1 Å². The van der Waals surface area contributed by atoms with E-state index in [1.807, 2.05) is 18.0 Å². The van der Waals surface area contributed by atoms with Gasteiger partial charge in [0, 0.05) is 11.4 Å². The van der Waals surface area contributed by atoms with E-state index in [4.69, 9.17) is 5.73 Å². The Morgan fingerprint density at radius 3 is 2.72 bits per heavy atom. The number of aromatic nitrogens is 2. The summed E-state index contributed by atoms with van der Waals surface area (Å²) in [5.74, 6) is -0.275. The maximum Gasteiger partial charge on any atom is 1.00 e. The molecule has 0 aliphatic rings. The average Bonchev–Trinajstić information content (AvgIpc) is 2.22. The fourth-order valence-corrected chi connectivity index (χ4v) is 1.40. The van der Waals surface area contributed by atoms with Crippen LogP contribution in [0.2, 0.25) is 0 Å². The second kappa shape index (κ2) is 5.90. The van der Waals surface area contributed by atoms with Crippen LogP contribution in [0.1, 0.15) is 5.56 Å². The molecule has 7 heteroatoms. The predicted octanol–water partition coefficient (Wildman–Crippen LogP) is -2.52. The van der Waals surface area contributed by atoms with Crippen molar-refractivity contribution in [2.24, 2.45) is 0 Å². The van der Waals surface area contributed by atoms with Crippen molar-refractivity contribution in [1.29, 1.82) is 0 Å². The number of aromatic amines is 1. The second-order valence-electron chi connectivity index (χ2n) is 3.63. The largest absolute Gasteiger partial charge is 1.00 e. The molecular formula is C11H11N4NaO2. The van der Waals surface area contributed by atoms with Crippen molar-refractivity contribution < 1.29 is 34.7 Å². The van der Waals surface area contributed by atoms with Gasteiger partial charge in [-0.1, -0.05) is 0 Å². The van der Waals surface area contributed by atoms with E-state index >= 15 is 0 Å². The SMILES string of the molecule is Cc1cc(Nc2cc([O-])[nH]c(=O)n2)ccc1N.[Na+]. The Balaban J connectivity index is 0.00000162. The third-order valence-electron chi connectivity index (χ3n) is 2.26. The second-order valence-corrected chi connectivity index (χ2v) is 3.63. The Bertz CT molecular complexity index is 612. The molecule has 0 fully saturated rings. The summed E-state index contributed by atoms with van der Waals surface area (Å²) in [5.41, 5.74) is 7.31. The molecule has 18 heavy (non-hydrogen) atoms. The first-order valence-corrected chi connectivity index (χ1v) is 4.96. The third kappa shape index (κ3) is 3.49. The van der Waals surface area contributed by atoms with Crippen LogP contribution in [0.4, 0.5) is 17.2 Å². The van der Waals surface area contributed by atoms with Crippen LogP contribution in [0.5, 0.6) is 5.88 Å². The first kappa shape index (κ1) is 14.6. The molecule has 2 aromatic rings. The molecule has 2 rings (SSSR count). The van der Waals surface area contributed by atoms with Crippen LogP contribution in [-0.2, 0) is 0 Å². The molecule has 1 aromatic carbocycles. The molecule has 0 aliphatic heterocycles. The first-order valence-electron chi connectivity index (χ1n) is 4.96. The topological polar surface area (TPSA) is 107 Å². The van der Waals surface area contributed by atoms with Crippen LogP contribution in [0.25, 0.3) is 0 Å². The van der Waals surface area contributed by atoms with Crippen LogP contribution in [-0.4, -0.2) is 9.97 Å². The van der Waals surface area contributed by atoms with Gasteiger partial charge in [-0.05, 0) is 42.6 Å². The number of benzene rings is 1. The Hall–Kier alpha value is -1.50. The molecule has 0 atom stereocenters. The summed E-state index contributed by atoms with van der Waals surface area (Å²) < 4.78 is 0. The average molecular weight is 254 g/mol. The molecule has 88 valence electrons. The smallest absolute Gasteiger partial charge is 0.860 e. The van der Waals surface area contributed by atoms with E-state index in [0.29, 0.717) is 11.4 Å². The molecule has 1 aromatic heterocycles. The zero-order valence-electron chi connectivity index (χ0n) is 10.2. The fraction of sp³-hybridized carbons (Fsp3) is 0.0909. The minimum absolute atomic E-state index is 0. The molecule has 1 heterocycles. The van der Waals surface area contributed by atoms with Gasteiger partial charge in [-0.3, -0.25) is 0 Å². The van der Waals surface area contributed by atoms with E-state index in [0.717, 1.165) is 5.56 Å². The number of hydrogen-bond acceptors (Lipinski definition) is 5. The molecule has 0 saturated heterocycles. The normalized spacial score (nSPS) is 9.61. The number of rotatable bonds is 2. The molecule has 4 N–H and O–H groups in total. The number of nitrogens with one attached hydrogen (secondary N) is 2. The molecule has 0 radical (unpaired) electrons. The summed E-state index contributed by atoms with van der Waals surface area (Å²) in [5, 5.41) is 13.9. The van der Waals surface area contributed by atoms with E-state index in [1.165, 1.54) is 6.07 Å². The molecule has 0 spiro atoms. The number of H-pyrrole nitrogens is 1. The number of hydrogen-bond donors (Lipinski definition) is 3. The number of nitrogens with two attached hydrogens (primary N) is 1. The van der Waals surface area contributed by atoms with Crippen LogP contribution in [0.3, 0.4) is 0 Å². The van der Waals surface area contributed by atoms with Crippen molar-refractivity contribution in [3.05, 3.63) is 40.3 Å². The van der Waals surface area contributed by atoms with Gasteiger partial charge >= 0.3 is 35.2 Å². The van der Waals surface area contributed by atoms with Crippen LogP contribution in [0.15, 0.2) is 29.1 Å². The molecule has 6 nitrogen and oxygen atoms in total. The summed E-state index contributed by atoms with van der Waals surface area (Å²) in [6.07, 6.45) is 0. The summed E-state index contributed by atoms with van der Waals surface area (Å²) >= 11 is 0. The van der Waals surface area contributed by atoms with E-state index < -0.39 is 11.6 Å². The van der Waals surface area contributed by atoms with E-state index in [-0.39, 0.29) is 35.4 Å². The molecule has 0 aliphatic carbocycles. The number of anilines is 3. The molecule has 0 unspecified atom stereocenters. The third-order valence-corrected chi connectivity index (χ3v) is 2.26. The zero-order valence-corrected chi connectivity index (χ0v) is 12.2. The Morgan fingerprint density at radius 2 is 2.11 bits per heavy atom. The summed E-state index contributed by atoms with van der Waals surface area (Å²) in [7, 11) is 0. The summed E-state index contributed by atoms with van der Waals surface area (Å²) in [6.45, 7) is 1.87. The number of nitrogen functional groups attached to an aromatic ring is 1. The zero-order chi connectivity index (χ0) is 12.4. The quantitative estimate of drug-likeness (QED) is 0.405. The van der Waals surface area contributed by atoms with Gasteiger partial charge in [-0.25, -0.2) is 4.79 Å². The van der Waals surface area contributed by atoms with Crippen molar-refractivity contribution in [3.8, 4) is 5.88 Å². The Kier molecular flexibility index (Phi) is 4.77. The van der Waals surface area contributed by atoms with Crippen molar-refractivity contribution >= 4 is 17.2 Å². The van der Waals surface area contributed by atoms with Crippen molar-refractivity contribution in [2.75, 3.05) is 11.1 Å². The van der Waals surface area contributed by atoms with Gasteiger partial charge < -0.3 is 21.1 Å². The molecule has 0 saturated carbocycles. The number of nitrogens with zero attached hydrogens (tertiary/aromatic N) is 1. The van der Waals surface area contributed by atoms with Gasteiger partial charge in [-0.2, -0.15) is 4.98 Å². The minimum atomic E-state index is -0.674. The van der Waals surface area contributed by atoms with Gasteiger partial charge in [0.15, 0.2) is 0 Å². The van der Waals surface area contributed by atoms with E-state index in [2.05, 4.69) is 10.3 Å². The summed E-state index contributed by atoms with van der Waals surface area (Å²) in [4.78, 5) is 16.7. The molecular weight excluding hydrogens is 243 g/mol. The number of aryl methyl sites for hydroxylation is 1. The monoisotopic (exact) mass is 254 g/mol. The van der Waals surface area contributed by atoms with E-state index in [9.17, 15) is 9.90 Å². The van der Waals surface area contributed by atoms with Gasteiger partial charge in [0.2, 0.25) is 0 Å². The van der Waals surface area contributed by atoms with Crippen molar-refractivity contribution in [3.63, 3.8) is 0 Å². The fourth-order valence-electron chi connectivity index (χ4n) is 1.40. The standard InChI is InChI=1S/C11H12N4O2.Na/c1-6-4-7(2-3-8(6)12)13-9-5-10(16)15-11(17)14-9;/h2-5H,12H2,1H3,(H3,13,14,15,16,17);/q;+1/p-1. The summed E-state index contributed by atoms with van der Waals surface area (Å²) in [6, 6.07) is 6.51. The van der Waals surface area contributed by atoms with Crippen molar-refractivity contribution in [1.82, 2.24) is 9.97 Å². The maximum absolute atomic E-state index is 11.1. The van der Waals surface area contributed by atoms with Crippen LogP contribution >= 0.6 is 0 Å². The van der Waals surface area contributed by atoms with Gasteiger partial charge in [0.05, 0.1) is 0 Å². The molecule has 0 bridgehead atoms. The van der Waals surface area contributed by atoms with Crippen LogP contribution in [0, 0.1) is 6.92 Å². The van der Waals surface area contributed by atoms with Gasteiger partial charge in [0.1, 0.15) is 5.82 Å². The maximum atomic E-state index is 11.1. The van der Waals surface area contributed by atoms with Gasteiger partial charge in [-0.15, -0.1) is 0 Å². The molecule has 0 amide bonds.